The van der Waals surface area contributed by atoms with E-state index < -0.39 is 10.0 Å². The number of rotatable bonds is 4. The highest BCUT2D eigenvalue weighted by Gasteiger charge is 2.38. The molecule has 0 bridgehead atoms. The lowest BCUT2D eigenvalue weighted by Gasteiger charge is -2.37. The number of pyridine rings is 1. The lowest BCUT2D eigenvalue weighted by Crippen LogP contribution is -2.48. The molecule has 33 heavy (non-hydrogen) atoms. The molecule has 3 aromatic rings. The average molecular weight is 473 g/mol. The van der Waals surface area contributed by atoms with Crippen molar-refractivity contribution in [3.8, 4) is 0 Å². The molecule has 5 rings (SSSR count). The van der Waals surface area contributed by atoms with Gasteiger partial charge in [-0.05, 0) is 51.7 Å². The monoisotopic (exact) mass is 472 g/mol. The lowest BCUT2D eigenvalue weighted by molar-refractivity contribution is -0.137. The Kier molecular flexibility index (Phi) is 5.69. The molecule has 2 fully saturated rings. The summed E-state index contributed by atoms with van der Waals surface area (Å²) in [6.07, 6.45) is 4.95. The van der Waals surface area contributed by atoms with Gasteiger partial charge in [0.15, 0.2) is 11.4 Å². The number of likely N-dealkylation sites (tertiary alicyclic amines) is 1. The molecule has 2 aliphatic heterocycles. The molecule has 5 heterocycles. The molecule has 0 N–H and O–H groups in total. The number of piperidine rings is 2. The Morgan fingerprint density at radius 3 is 2.61 bits per heavy atom. The van der Waals surface area contributed by atoms with Crippen molar-refractivity contribution in [2.45, 2.75) is 50.3 Å². The van der Waals surface area contributed by atoms with E-state index in [9.17, 15) is 13.2 Å². The quantitative estimate of drug-likeness (QED) is 0.571. The molecule has 2 aliphatic rings. The summed E-state index contributed by atoms with van der Waals surface area (Å²) in [5, 5.41) is 12.4. The summed E-state index contributed by atoms with van der Waals surface area (Å²) in [4.78, 5) is 15.3. The fourth-order valence-corrected chi connectivity index (χ4v) is 6.90. The molecule has 1 amide bonds. The SMILES string of the molecule is Cc1noc(C)c1S(=O)(=O)N1CCCC(C(=O)N2CCC(c3nnc4ccccn34)CC2)C1. The van der Waals surface area contributed by atoms with E-state index in [1.165, 1.54) is 4.31 Å². The zero-order valence-corrected chi connectivity index (χ0v) is 19.7. The van der Waals surface area contributed by atoms with Gasteiger partial charge in [0, 0.05) is 38.3 Å². The largest absolute Gasteiger partial charge is 0.360 e. The fraction of sp³-hybridized carbons (Fsp3) is 0.545. The number of sulfonamides is 1. The van der Waals surface area contributed by atoms with E-state index in [-0.39, 0.29) is 34.9 Å². The molecule has 0 aliphatic carbocycles. The molecule has 10 nitrogen and oxygen atoms in total. The number of hydrogen-bond acceptors (Lipinski definition) is 7. The van der Waals surface area contributed by atoms with Gasteiger partial charge in [0.1, 0.15) is 16.4 Å². The number of nitrogens with zero attached hydrogens (tertiary/aromatic N) is 6. The van der Waals surface area contributed by atoms with Crippen LogP contribution in [0.2, 0.25) is 0 Å². The molecule has 176 valence electrons. The molecule has 0 radical (unpaired) electrons. The number of carbonyl (C=O) groups excluding carboxylic acids is 1. The average Bonchev–Trinajstić information content (AvgIpc) is 3.42. The van der Waals surface area contributed by atoms with Gasteiger partial charge in [-0.2, -0.15) is 4.31 Å². The van der Waals surface area contributed by atoms with Crippen LogP contribution in [0.5, 0.6) is 0 Å². The number of aromatic nitrogens is 4. The minimum atomic E-state index is -3.75. The minimum absolute atomic E-state index is 0.0400. The van der Waals surface area contributed by atoms with E-state index in [1.54, 1.807) is 13.8 Å². The lowest BCUT2D eigenvalue weighted by atomic mass is 9.93. The second-order valence-corrected chi connectivity index (χ2v) is 10.8. The maximum absolute atomic E-state index is 13.3. The number of amides is 1. The summed E-state index contributed by atoms with van der Waals surface area (Å²) in [7, 11) is -3.75. The first-order chi connectivity index (χ1) is 15.9. The zero-order chi connectivity index (χ0) is 23.2. The third-order valence-electron chi connectivity index (χ3n) is 6.81. The minimum Gasteiger partial charge on any atom is -0.360 e. The van der Waals surface area contributed by atoms with Crippen molar-refractivity contribution in [2.75, 3.05) is 26.2 Å². The summed E-state index contributed by atoms with van der Waals surface area (Å²) >= 11 is 0. The normalized spacial score (nSPS) is 21.0. The Hall–Kier alpha value is -2.79. The van der Waals surface area contributed by atoms with Crippen LogP contribution in [0.4, 0.5) is 0 Å². The van der Waals surface area contributed by atoms with Crippen LogP contribution in [-0.2, 0) is 14.8 Å². The van der Waals surface area contributed by atoms with Crippen molar-refractivity contribution in [1.29, 1.82) is 0 Å². The van der Waals surface area contributed by atoms with E-state index in [4.69, 9.17) is 4.52 Å². The maximum Gasteiger partial charge on any atom is 0.248 e. The third kappa shape index (κ3) is 3.93. The molecule has 11 heteroatoms. The summed E-state index contributed by atoms with van der Waals surface area (Å²) < 4.78 is 34.9. The molecule has 1 atom stereocenters. The van der Waals surface area contributed by atoms with Gasteiger partial charge >= 0.3 is 0 Å². The Bertz CT molecular complexity index is 1260. The van der Waals surface area contributed by atoms with Crippen LogP contribution < -0.4 is 0 Å². The van der Waals surface area contributed by atoms with Gasteiger partial charge in [0.05, 0.1) is 5.92 Å². The summed E-state index contributed by atoms with van der Waals surface area (Å²) in [6, 6.07) is 5.83. The zero-order valence-electron chi connectivity index (χ0n) is 18.8. The predicted octanol–water partition coefficient (Wildman–Crippen LogP) is 2.14. The maximum atomic E-state index is 13.3. The fourth-order valence-electron chi connectivity index (χ4n) is 5.09. The van der Waals surface area contributed by atoms with Crippen molar-refractivity contribution in [3.63, 3.8) is 0 Å². The smallest absolute Gasteiger partial charge is 0.248 e. The summed E-state index contributed by atoms with van der Waals surface area (Å²) in [6.45, 7) is 5.09. The van der Waals surface area contributed by atoms with Gasteiger partial charge in [-0.3, -0.25) is 9.20 Å². The van der Waals surface area contributed by atoms with Crippen molar-refractivity contribution in [3.05, 3.63) is 41.7 Å². The number of aryl methyl sites for hydroxylation is 2. The van der Waals surface area contributed by atoms with Crippen LogP contribution in [0.3, 0.4) is 0 Å². The second kappa shape index (κ2) is 8.53. The highest BCUT2D eigenvalue weighted by atomic mass is 32.2. The number of hydrogen-bond donors (Lipinski definition) is 0. The van der Waals surface area contributed by atoms with E-state index in [2.05, 4.69) is 15.4 Å². The van der Waals surface area contributed by atoms with Crippen LogP contribution in [-0.4, -0.2) is 69.5 Å². The van der Waals surface area contributed by atoms with Crippen LogP contribution in [0.15, 0.2) is 33.8 Å². The van der Waals surface area contributed by atoms with E-state index >= 15 is 0 Å². The highest BCUT2D eigenvalue weighted by molar-refractivity contribution is 7.89. The predicted molar refractivity (Wildman–Crippen MR) is 119 cm³/mol. The third-order valence-corrected chi connectivity index (χ3v) is 8.92. The van der Waals surface area contributed by atoms with Crippen molar-refractivity contribution >= 4 is 21.6 Å². The van der Waals surface area contributed by atoms with Gasteiger partial charge in [0.25, 0.3) is 0 Å². The number of fused-ring (bicyclic) bond motifs is 1. The molecule has 0 spiro atoms. The standard InChI is InChI=1S/C22H28N6O4S/c1-15-20(16(2)32-25-15)33(30,31)27-10-5-6-18(14-27)22(29)26-12-8-17(9-13-26)21-24-23-19-7-3-4-11-28(19)21/h3-4,7,11,17-18H,5-6,8-10,12-14H2,1-2H3. The first kappa shape index (κ1) is 22.0. The Labute approximate surface area is 192 Å². The van der Waals surface area contributed by atoms with E-state index in [0.29, 0.717) is 38.2 Å². The Morgan fingerprint density at radius 1 is 1.09 bits per heavy atom. The second-order valence-electron chi connectivity index (χ2n) is 8.94. The molecule has 0 saturated carbocycles. The van der Waals surface area contributed by atoms with Crippen LogP contribution in [0, 0.1) is 19.8 Å². The van der Waals surface area contributed by atoms with E-state index in [1.807, 2.05) is 33.7 Å². The van der Waals surface area contributed by atoms with Crippen molar-refractivity contribution < 1.29 is 17.7 Å². The highest BCUT2D eigenvalue weighted by Crippen LogP contribution is 2.31. The molecular formula is C22H28N6O4S. The van der Waals surface area contributed by atoms with Gasteiger partial charge in [0.2, 0.25) is 15.9 Å². The van der Waals surface area contributed by atoms with Gasteiger partial charge in [-0.1, -0.05) is 11.2 Å². The van der Waals surface area contributed by atoms with Gasteiger partial charge in [-0.25, -0.2) is 8.42 Å². The number of carbonyl (C=O) groups is 1. The molecule has 2 saturated heterocycles. The summed E-state index contributed by atoms with van der Waals surface area (Å²) in [5.74, 6) is 1.17. The Balaban J connectivity index is 1.25. The van der Waals surface area contributed by atoms with Gasteiger partial charge < -0.3 is 9.42 Å². The summed E-state index contributed by atoms with van der Waals surface area (Å²) in [5.41, 5.74) is 1.18. The van der Waals surface area contributed by atoms with Crippen molar-refractivity contribution in [2.24, 2.45) is 5.92 Å². The first-order valence-electron chi connectivity index (χ1n) is 11.4. The molecular weight excluding hydrogens is 444 g/mol. The molecule has 0 aromatic carbocycles. The van der Waals surface area contributed by atoms with Gasteiger partial charge in [-0.15, -0.1) is 10.2 Å². The van der Waals surface area contributed by atoms with Crippen LogP contribution >= 0.6 is 0 Å². The van der Waals surface area contributed by atoms with Crippen LogP contribution in [0.1, 0.15) is 48.9 Å². The molecule has 3 aromatic heterocycles. The van der Waals surface area contributed by atoms with E-state index in [0.717, 1.165) is 24.3 Å². The first-order valence-corrected chi connectivity index (χ1v) is 12.8. The van der Waals surface area contributed by atoms with Crippen molar-refractivity contribution in [1.82, 2.24) is 29.0 Å². The Morgan fingerprint density at radius 2 is 1.88 bits per heavy atom. The van der Waals surface area contributed by atoms with Crippen LogP contribution in [0.25, 0.3) is 5.65 Å². The topological polar surface area (TPSA) is 114 Å². The molecule has 1 unspecified atom stereocenters.